The molecule has 0 spiro atoms. The average molecular weight is 474 g/mol. The van der Waals surface area contributed by atoms with E-state index in [4.69, 9.17) is 15.9 Å². The summed E-state index contributed by atoms with van der Waals surface area (Å²) in [6, 6.07) is 18.1. The number of aromatic nitrogens is 1. The molecule has 182 valence electrons. The molecule has 0 saturated carbocycles. The number of hydrogen-bond acceptors (Lipinski definition) is 4. The monoisotopic (exact) mass is 473 g/mol. The zero-order valence-corrected chi connectivity index (χ0v) is 20.6. The van der Waals surface area contributed by atoms with Gasteiger partial charge in [0, 0.05) is 29.3 Å². The van der Waals surface area contributed by atoms with Crippen molar-refractivity contribution in [3.05, 3.63) is 89.7 Å². The predicted molar refractivity (Wildman–Crippen MR) is 136 cm³/mol. The van der Waals surface area contributed by atoms with E-state index in [0.717, 1.165) is 16.7 Å². The minimum Gasteiger partial charge on any atom is -0.463 e. The van der Waals surface area contributed by atoms with E-state index in [1.54, 1.807) is 51.1 Å². The van der Waals surface area contributed by atoms with E-state index in [2.05, 4.69) is 5.32 Å². The van der Waals surface area contributed by atoms with Crippen molar-refractivity contribution < 1.29 is 18.9 Å². The van der Waals surface area contributed by atoms with Crippen LogP contribution in [0.3, 0.4) is 0 Å². The molecular formula is C28H33N4O3+. The van der Waals surface area contributed by atoms with Crippen molar-refractivity contribution in [3.8, 4) is 11.1 Å². The minimum atomic E-state index is -0.604. The van der Waals surface area contributed by atoms with Crippen molar-refractivity contribution in [2.24, 2.45) is 18.7 Å². The van der Waals surface area contributed by atoms with Gasteiger partial charge >= 0.3 is 5.97 Å². The maximum absolute atomic E-state index is 13.0. The Bertz CT molecular complexity index is 1190. The summed E-state index contributed by atoms with van der Waals surface area (Å²) < 4.78 is 7.45. The summed E-state index contributed by atoms with van der Waals surface area (Å²) in [5, 5.41) is 10.6. The van der Waals surface area contributed by atoms with E-state index in [0.29, 0.717) is 17.5 Å². The molecule has 0 saturated heterocycles. The molecule has 0 unspecified atom stereocenters. The van der Waals surface area contributed by atoms with E-state index in [-0.39, 0.29) is 23.8 Å². The van der Waals surface area contributed by atoms with Crippen LogP contribution in [0.1, 0.15) is 42.3 Å². The van der Waals surface area contributed by atoms with Crippen molar-refractivity contribution in [1.82, 2.24) is 5.32 Å². The number of carbonyl (C=O) groups excluding carboxylic acids is 2. The number of nitrogens with two attached hydrogens (primary N) is 1. The second-order valence-electron chi connectivity index (χ2n) is 9.00. The molecule has 2 atom stereocenters. The third-order valence-electron chi connectivity index (χ3n) is 5.77. The molecule has 1 heterocycles. The lowest BCUT2D eigenvalue weighted by atomic mass is 9.91. The topological polar surface area (TPSA) is 109 Å². The Balaban J connectivity index is 1.75. The molecule has 0 fully saturated rings. The van der Waals surface area contributed by atoms with E-state index in [1.165, 1.54) is 0 Å². The van der Waals surface area contributed by atoms with Gasteiger partial charge in [-0.3, -0.25) is 15.0 Å². The van der Waals surface area contributed by atoms with Gasteiger partial charge in [-0.05, 0) is 62.1 Å². The number of esters is 1. The molecule has 0 bridgehead atoms. The Morgan fingerprint density at radius 1 is 0.971 bits per heavy atom. The Labute approximate surface area is 206 Å². The second kappa shape index (κ2) is 11.4. The Hall–Kier alpha value is -4.00. The molecule has 3 rings (SSSR count). The third-order valence-corrected chi connectivity index (χ3v) is 5.77. The number of amides is 1. The standard InChI is InChI=1S/C28H32N4O3/c1-18(2)35-28(34)25(17-20-6-5-7-24(16-20)26(29)30)19(3)31-27(33)23-10-8-21(9-11-23)22-12-14-32(4)15-13-22/h5-16,18-19,25H,17H2,1-4H3,(H3-,29,30,31,33)/p+1/t19-,25-/m1/s1. The summed E-state index contributed by atoms with van der Waals surface area (Å²) >= 11 is 0. The average Bonchev–Trinajstić information content (AvgIpc) is 2.82. The molecule has 35 heavy (non-hydrogen) atoms. The fourth-order valence-electron chi connectivity index (χ4n) is 3.80. The maximum atomic E-state index is 13.0. The summed E-state index contributed by atoms with van der Waals surface area (Å²) in [6.07, 6.45) is 4.02. The van der Waals surface area contributed by atoms with Crippen molar-refractivity contribution in [3.63, 3.8) is 0 Å². The minimum absolute atomic E-state index is 0.0395. The summed E-state index contributed by atoms with van der Waals surface area (Å²) in [4.78, 5) is 25.9. The van der Waals surface area contributed by atoms with E-state index >= 15 is 0 Å². The largest absolute Gasteiger partial charge is 0.463 e. The van der Waals surface area contributed by atoms with Gasteiger partial charge in [-0.1, -0.05) is 30.3 Å². The van der Waals surface area contributed by atoms with Gasteiger partial charge in [0.15, 0.2) is 12.4 Å². The predicted octanol–water partition coefficient (Wildman–Crippen LogP) is 3.39. The molecule has 0 radical (unpaired) electrons. The van der Waals surface area contributed by atoms with E-state index in [1.807, 2.05) is 54.3 Å². The number of nitrogens with zero attached hydrogens (tertiary/aromatic N) is 1. The van der Waals surface area contributed by atoms with Crippen LogP contribution in [0, 0.1) is 11.3 Å². The van der Waals surface area contributed by atoms with Crippen LogP contribution < -0.4 is 15.6 Å². The van der Waals surface area contributed by atoms with Gasteiger partial charge < -0.3 is 15.8 Å². The number of benzene rings is 2. The van der Waals surface area contributed by atoms with Crippen molar-refractivity contribution >= 4 is 17.7 Å². The van der Waals surface area contributed by atoms with Crippen LogP contribution in [0.2, 0.25) is 0 Å². The Kier molecular flexibility index (Phi) is 8.36. The first-order chi connectivity index (χ1) is 16.6. The first-order valence-electron chi connectivity index (χ1n) is 11.6. The molecule has 7 nitrogen and oxygen atoms in total. The first kappa shape index (κ1) is 25.6. The van der Waals surface area contributed by atoms with Gasteiger partial charge in [0.2, 0.25) is 0 Å². The van der Waals surface area contributed by atoms with Crippen LogP contribution in [0.15, 0.2) is 73.1 Å². The van der Waals surface area contributed by atoms with E-state index in [9.17, 15) is 9.59 Å². The molecule has 0 aliphatic carbocycles. The lowest BCUT2D eigenvalue weighted by Crippen LogP contribution is -2.43. The number of amidine groups is 1. The van der Waals surface area contributed by atoms with Gasteiger partial charge in [0.05, 0.1) is 12.0 Å². The van der Waals surface area contributed by atoms with Gasteiger partial charge in [-0.15, -0.1) is 0 Å². The van der Waals surface area contributed by atoms with Crippen LogP contribution in [0.25, 0.3) is 11.1 Å². The Morgan fingerprint density at radius 3 is 2.20 bits per heavy atom. The van der Waals surface area contributed by atoms with Crippen LogP contribution >= 0.6 is 0 Å². The van der Waals surface area contributed by atoms with Gasteiger partial charge in [-0.2, -0.15) is 0 Å². The lowest BCUT2D eigenvalue weighted by Gasteiger charge is -2.25. The fraction of sp³-hybridized carbons (Fsp3) is 0.286. The molecule has 1 amide bonds. The molecule has 2 aromatic carbocycles. The fourth-order valence-corrected chi connectivity index (χ4v) is 3.80. The number of aryl methyl sites for hydroxylation is 1. The third kappa shape index (κ3) is 6.99. The molecule has 1 aromatic heterocycles. The zero-order chi connectivity index (χ0) is 25.5. The maximum Gasteiger partial charge on any atom is 0.311 e. The van der Waals surface area contributed by atoms with Crippen LogP contribution in [0.5, 0.6) is 0 Å². The number of hydrogen-bond donors (Lipinski definition) is 3. The lowest BCUT2D eigenvalue weighted by molar-refractivity contribution is -0.671. The zero-order valence-electron chi connectivity index (χ0n) is 20.6. The molecular weight excluding hydrogens is 440 g/mol. The smallest absolute Gasteiger partial charge is 0.311 e. The van der Waals surface area contributed by atoms with Gasteiger partial charge in [-0.25, -0.2) is 4.57 Å². The second-order valence-corrected chi connectivity index (χ2v) is 9.00. The number of nitrogen functional groups attached to an aromatic ring is 1. The molecule has 0 aliphatic heterocycles. The number of carbonyl (C=O) groups is 2. The molecule has 0 aliphatic rings. The summed E-state index contributed by atoms with van der Waals surface area (Å²) in [5.74, 6) is -1.29. The van der Waals surface area contributed by atoms with Crippen molar-refractivity contribution in [2.45, 2.75) is 39.3 Å². The van der Waals surface area contributed by atoms with Gasteiger partial charge in [0.1, 0.15) is 12.9 Å². The van der Waals surface area contributed by atoms with Crippen molar-refractivity contribution in [2.75, 3.05) is 0 Å². The SMILES string of the molecule is CC(C)OC(=O)[C@H](Cc1cccc(C(=N)N)c1)[C@@H](C)NC(=O)c1ccc(-c2cc[n+](C)cc2)cc1. The number of nitrogens with one attached hydrogen (secondary N) is 2. The molecule has 3 aromatic rings. The highest BCUT2D eigenvalue weighted by Crippen LogP contribution is 2.20. The number of ether oxygens (including phenoxy) is 1. The highest BCUT2D eigenvalue weighted by molar-refractivity contribution is 5.95. The first-order valence-corrected chi connectivity index (χ1v) is 11.6. The molecule has 7 heteroatoms. The number of pyridine rings is 1. The Morgan fingerprint density at radius 2 is 1.60 bits per heavy atom. The summed E-state index contributed by atoms with van der Waals surface area (Å²) in [5.41, 5.74) is 9.63. The normalized spacial score (nSPS) is 12.6. The van der Waals surface area contributed by atoms with Crippen LogP contribution in [-0.4, -0.2) is 29.9 Å². The van der Waals surface area contributed by atoms with Gasteiger partial charge in [0.25, 0.3) is 5.91 Å². The van der Waals surface area contributed by atoms with Crippen LogP contribution in [0.4, 0.5) is 0 Å². The highest BCUT2D eigenvalue weighted by Gasteiger charge is 2.29. The summed E-state index contributed by atoms with van der Waals surface area (Å²) in [6.45, 7) is 5.39. The van der Waals surface area contributed by atoms with Crippen LogP contribution in [-0.2, 0) is 23.0 Å². The molecule has 4 N–H and O–H groups in total. The summed E-state index contributed by atoms with van der Waals surface area (Å²) in [7, 11) is 1.96. The highest BCUT2D eigenvalue weighted by atomic mass is 16.5. The number of rotatable bonds is 9. The van der Waals surface area contributed by atoms with E-state index < -0.39 is 12.0 Å². The quantitative estimate of drug-likeness (QED) is 0.192. The van der Waals surface area contributed by atoms with Crippen molar-refractivity contribution in [1.29, 1.82) is 5.41 Å².